The van der Waals surface area contributed by atoms with Gasteiger partial charge in [-0.15, -0.1) is 0 Å². The monoisotopic (exact) mass is 454 g/mol. The van der Waals surface area contributed by atoms with Gasteiger partial charge in [0.25, 0.3) is 0 Å². The van der Waals surface area contributed by atoms with Gasteiger partial charge in [-0.2, -0.15) is 0 Å². The number of carbonyl (C=O) groups excluding carboxylic acids is 1. The van der Waals surface area contributed by atoms with E-state index in [1.54, 1.807) is 24.3 Å². The van der Waals surface area contributed by atoms with E-state index in [4.69, 9.17) is 4.74 Å². The maximum absolute atomic E-state index is 12.6. The highest BCUT2D eigenvalue weighted by atomic mass is 32.2. The first-order valence-electron chi connectivity index (χ1n) is 11.1. The third kappa shape index (κ3) is 5.15. The van der Waals surface area contributed by atoms with Crippen LogP contribution in [0.3, 0.4) is 0 Å². The molecule has 2 aliphatic heterocycles. The van der Waals surface area contributed by atoms with E-state index in [0.29, 0.717) is 31.7 Å². The topological polar surface area (TPSA) is 66.9 Å². The van der Waals surface area contributed by atoms with Crippen LogP contribution in [0.15, 0.2) is 48.5 Å². The predicted molar refractivity (Wildman–Crippen MR) is 127 cm³/mol. The summed E-state index contributed by atoms with van der Waals surface area (Å²) in [4.78, 5) is 14.5. The van der Waals surface area contributed by atoms with Crippen LogP contribution < -0.4 is 9.04 Å². The number of hydrogen-bond acceptors (Lipinski definition) is 4. The number of nitrogens with zero attached hydrogens (tertiary/aromatic N) is 2. The number of ether oxygens (including phenoxy) is 1. The van der Waals surface area contributed by atoms with Crippen LogP contribution in [0.2, 0.25) is 0 Å². The van der Waals surface area contributed by atoms with Gasteiger partial charge in [0.2, 0.25) is 15.9 Å². The van der Waals surface area contributed by atoms with E-state index in [0.717, 1.165) is 29.7 Å². The van der Waals surface area contributed by atoms with Crippen molar-refractivity contribution in [1.29, 1.82) is 0 Å². The van der Waals surface area contributed by atoms with E-state index in [-0.39, 0.29) is 17.8 Å². The van der Waals surface area contributed by atoms with Crippen molar-refractivity contribution in [2.24, 2.45) is 0 Å². The van der Waals surface area contributed by atoms with Crippen LogP contribution in [0.5, 0.6) is 5.75 Å². The van der Waals surface area contributed by atoms with E-state index >= 15 is 0 Å². The van der Waals surface area contributed by atoms with Gasteiger partial charge in [0, 0.05) is 38.6 Å². The van der Waals surface area contributed by atoms with Gasteiger partial charge in [0.1, 0.15) is 11.9 Å². The van der Waals surface area contributed by atoms with E-state index in [1.165, 1.54) is 9.87 Å². The number of rotatable bonds is 5. The molecule has 32 heavy (non-hydrogen) atoms. The number of likely N-dealkylation sites (tertiary alicyclic amines) is 1. The van der Waals surface area contributed by atoms with Gasteiger partial charge >= 0.3 is 0 Å². The quantitative estimate of drug-likeness (QED) is 0.642. The van der Waals surface area contributed by atoms with Crippen LogP contribution in [0.4, 0.5) is 5.69 Å². The molecule has 7 heteroatoms. The summed E-state index contributed by atoms with van der Waals surface area (Å²) >= 11 is 0. The maximum atomic E-state index is 12.6. The van der Waals surface area contributed by atoms with E-state index in [2.05, 4.69) is 32.0 Å². The lowest BCUT2D eigenvalue weighted by Crippen LogP contribution is -2.41. The molecule has 0 radical (unpaired) electrons. The zero-order valence-corrected chi connectivity index (χ0v) is 19.5. The van der Waals surface area contributed by atoms with E-state index in [1.807, 2.05) is 17.0 Å². The summed E-state index contributed by atoms with van der Waals surface area (Å²) in [5, 5.41) is 0. The Bertz CT molecular complexity index is 1100. The Kier molecular flexibility index (Phi) is 6.55. The van der Waals surface area contributed by atoms with Crippen molar-refractivity contribution in [3.8, 4) is 5.75 Å². The smallest absolute Gasteiger partial charge is 0.246 e. The standard InChI is InChI=1S/C25H30N2O4S/c1-19-4-5-20(2)24(18-19)31-23-12-15-26(16-13-23)25(28)11-8-21-6-9-22(10-7-21)27-14-3-17-32(27,29)30/h4-11,18,23H,3,12-17H2,1-2H3/b11-8+. The first-order valence-corrected chi connectivity index (χ1v) is 12.7. The maximum Gasteiger partial charge on any atom is 0.246 e. The van der Waals surface area contributed by atoms with Gasteiger partial charge < -0.3 is 9.64 Å². The molecule has 2 heterocycles. The predicted octanol–water partition coefficient (Wildman–Crippen LogP) is 3.93. The molecule has 1 amide bonds. The highest BCUT2D eigenvalue weighted by molar-refractivity contribution is 7.93. The zero-order valence-electron chi connectivity index (χ0n) is 18.7. The number of anilines is 1. The van der Waals surface area contributed by atoms with Crippen molar-refractivity contribution in [2.45, 2.75) is 39.2 Å². The minimum absolute atomic E-state index is 0.0126. The van der Waals surface area contributed by atoms with Gasteiger partial charge in [-0.1, -0.05) is 24.3 Å². The van der Waals surface area contributed by atoms with E-state index in [9.17, 15) is 13.2 Å². The van der Waals surface area contributed by atoms with Crippen LogP contribution in [0.25, 0.3) is 6.08 Å². The Labute approximate surface area is 190 Å². The number of carbonyl (C=O) groups is 1. The Morgan fingerprint density at radius 1 is 1.03 bits per heavy atom. The average Bonchev–Trinajstić information content (AvgIpc) is 3.14. The highest BCUT2D eigenvalue weighted by Crippen LogP contribution is 2.25. The fourth-order valence-corrected chi connectivity index (χ4v) is 5.73. The second kappa shape index (κ2) is 9.36. The van der Waals surface area contributed by atoms with Crippen molar-refractivity contribution < 1.29 is 17.9 Å². The molecule has 0 unspecified atom stereocenters. The molecular formula is C25H30N2O4S. The second-order valence-electron chi connectivity index (χ2n) is 8.58. The second-order valence-corrected chi connectivity index (χ2v) is 10.6. The summed E-state index contributed by atoms with van der Waals surface area (Å²) < 4.78 is 31.7. The molecule has 2 aliphatic rings. The molecule has 2 saturated heterocycles. The lowest BCUT2D eigenvalue weighted by atomic mass is 10.1. The van der Waals surface area contributed by atoms with Crippen LogP contribution >= 0.6 is 0 Å². The number of hydrogen-bond donors (Lipinski definition) is 0. The molecule has 2 aromatic rings. The minimum Gasteiger partial charge on any atom is -0.490 e. The molecule has 0 atom stereocenters. The van der Waals surface area contributed by atoms with Crippen molar-refractivity contribution >= 4 is 27.7 Å². The number of piperidine rings is 1. The highest BCUT2D eigenvalue weighted by Gasteiger charge is 2.28. The minimum atomic E-state index is -3.18. The van der Waals surface area contributed by atoms with Crippen molar-refractivity contribution in [1.82, 2.24) is 4.90 Å². The molecule has 0 bridgehead atoms. The Hall–Kier alpha value is -2.80. The normalized spacial score (nSPS) is 18.9. The Morgan fingerprint density at radius 2 is 1.75 bits per heavy atom. The SMILES string of the molecule is Cc1ccc(C)c(OC2CCN(C(=O)/C=C/c3ccc(N4CCCS4(=O)=O)cc3)CC2)c1. The largest absolute Gasteiger partial charge is 0.490 e. The lowest BCUT2D eigenvalue weighted by Gasteiger charge is -2.32. The van der Waals surface area contributed by atoms with Crippen LogP contribution in [0.1, 0.15) is 36.0 Å². The first-order chi connectivity index (χ1) is 15.3. The summed E-state index contributed by atoms with van der Waals surface area (Å²) in [6.45, 7) is 5.98. The Morgan fingerprint density at radius 3 is 2.41 bits per heavy atom. The first kappa shape index (κ1) is 22.4. The van der Waals surface area contributed by atoms with Crippen molar-refractivity contribution in [3.05, 3.63) is 65.2 Å². The average molecular weight is 455 g/mol. The fraction of sp³-hybridized carbons (Fsp3) is 0.400. The summed E-state index contributed by atoms with van der Waals surface area (Å²) in [5.41, 5.74) is 3.85. The molecule has 0 aromatic heterocycles. The van der Waals surface area contributed by atoms with Gasteiger partial charge in [-0.3, -0.25) is 9.10 Å². The molecule has 0 spiro atoms. The molecule has 0 aliphatic carbocycles. The van der Waals surface area contributed by atoms with Gasteiger partial charge in [0.05, 0.1) is 11.4 Å². The van der Waals surface area contributed by atoms with Crippen LogP contribution in [-0.4, -0.2) is 50.7 Å². The van der Waals surface area contributed by atoms with E-state index < -0.39 is 10.0 Å². The number of amides is 1. The molecule has 6 nitrogen and oxygen atoms in total. The van der Waals surface area contributed by atoms with Crippen LogP contribution in [0, 0.1) is 13.8 Å². The molecule has 4 rings (SSSR count). The summed E-state index contributed by atoms with van der Waals surface area (Å²) in [6.07, 6.45) is 5.78. The van der Waals surface area contributed by atoms with Crippen molar-refractivity contribution in [2.75, 3.05) is 29.7 Å². The fourth-order valence-electron chi connectivity index (χ4n) is 4.16. The molecule has 0 N–H and O–H groups in total. The number of benzene rings is 2. The summed E-state index contributed by atoms with van der Waals surface area (Å²) in [6, 6.07) is 13.5. The van der Waals surface area contributed by atoms with Gasteiger partial charge in [-0.05, 0) is 61.2 Å². The number of sulfonamides is 1. The van der Waals surface area contributed by atoms with Gasteiger partial charge in [0.15, 0.2) is 0 Å². The Balaban J connectivity index is 1.29. The third-order valence-corrected chi connectivity index (χ3v) is 7.96. The molecule has 2 aromatic carbocycles. The van der Waals surface area contributed by atoms with Gasteiger partial charge in [-0.25, -0.2) is 8.42 Å². The summed E-state index contributed by atoms with van der Waals surface area (Å²) in [5.74, 6) is 1.12. The molecule has 2 fully saturated rings. The van der Waals surface area contributed by atoms with Crippen LogP contribution in [-0.2, 0) is 14.8 Å². The van der Waals surface area contributed by atoms with Crippen molar-refractivity contribution in [3.63, 3.8) is 0 Å². The summed E-state index contributed by atoms with van der Waals surface area (Å²) in [7, 11) is -3.18. The molecule has 170 valence electrons. The third-order valence-electron chi connectivity index (χ3n) is 6.09. The number of aryl methyl sites for hydroxylation is 2. The molecule has 0 saturated carbocycles. The zero-order chi connectivity index (χ0) is 22.7. The lowest BCUT2D eigenvalue weighted by molar-refractivity contribution is -0.127. The molecular weight excluding hydrogens is 424 g/mol.